The van der Waals surface area contributed by atoms with Crippen LogP contribution in [0.2, 0.25) is 0 Å². The third kappa shape index (κ3) is 2.61. The average Bonchev–Trinajstić information content (AvgIpc) is 2.73. The van der Waals surface area contributed by atoms with Crippen LogP contribution in [0.25, 0.3) is 0 Å². The Morgan fingerprint density at radius 2 is 2.12 bits per heavy atom. The zero-order valence-electron chi connectivity index (χ0n) is 9.80. The number of benzene rings is 1. The van der Waals surface area contributed by atoms with Crippen molar-refractivity contribution in [2.24, 2.45) is 5.73 Å². The molecule has 1 aromatic carbocycles. The van der Waals surface area contributed by atoms with Crippen LogP contribution in [-0.2, 0) is 11.3 Å². The molecular formula is C13H20N2O. The Kier molecular flexibility index (Phi) is 3.93. The number of nitrogens with zero attached hydrogens (tertiary/aromatic N) is 1. The van der Waals surface area contributed by atoms with E-state index in [4.69, 9.17) is 10.5 Å². The van der Waals surface area contributed by atoms with Crippen molar-refractivity contribution in [3.63, 3.8) is 0 Å². The summed E-state index contributed by atoms with van der Waals surface area (Å²) >= 11 is 0. The van der Waals surface area contributed by atoms with Crippen LogP contribution in [0, 0.1) is 0 Å². The van der Waals surface area contributed by atoms with Gasteiger partial charge in [-0.15, -0.1) is 0 Å². The molecule has 0 saturated carbocycles. The first kappa shape index (κ1) is 11.6. The molecule has 16 heavy (non-hydrogen) atoms. The molecule has 1 aliphatic rings. The molecule has 2 rings (SSSR count). The molecule has 0 amide bonds. The minimum atomic E-state index is 0.345. The van der Waals surface area contributed by atoms with Crippen LogP contribution in [-0.4, -0.2) is 37.2 Å². The summed E-state index contributed by atoms with van der Waals surface area (Å²) in [7, 11) is 1.78. The second-order valence-corrected chi connectivity index (χ2v) is 4.40. The molecule has 2 N–H and O–H groups in total. The summed E-state index contributed by atoms with van der Waals surface area (Å²) in [6.07, 6.45) is 1.40. The molecular weight excluding hydrogens is 200 g/mol. The molecule has 0 unspecified atom stereocenters. The summed E-state index contributed by atoms with van der Waals surface area (Å²) in [5, 5.41) is 0. The fraction of sp³-hybridized carbons (Fsp3) is 0.538. The van der Waals surface area contributed by atoms with Gasteiger partial charge in [-0.1, -0.05) is 30.3 Å². The maximum Gasteiger partial charge on any atom is 0.0713 e. The van der Waals surface area contributed by atoms with Gasteiger partial charge in [-0.3, -0.25) is 4.90 Å². The molecule has 1 aromatic rings. The van der Waals surface area contributed by atoms with E-state index < -0.39 is 0 Å². The van der Waals surface area contributed by atoms with Gasteiger partial charge in [0.1, 0.15) is 0 Å². The summed E-state index contributed by atoms with van der Waals surface area (Å²) in [6, 6.07) is 11.0. The molecule has 1 saturated heterocycles. The first-order valence-corrected chi connectivity index (χ1v) is 5.84. The minimum Gasteiger partial charge on any atom is -0.380 e. The largest absolute Gasteiger partial charge is 0.380 e. The maximum absolute atomic E-state index is 5.80. The smallest absolute Gasteiger partial charge is 0.0713 e. The Hall–Kier alpha value is -0.900. The van der Waals surface area contributed by atoms with Crippen LogP contribution in [0.5, 0.6) is 0 Å². The second kappa shape index (κ2) is 5.43. The van der Waals surface area contributed by atoms with Crippen LogP contribution < -0.4 is 5.73 Å². The third-order valence-electron chi connectivity index (χ3n) is 3.32. The molecule has 0 aliphatic carbocycles. The standard InChI is InChI=1S/C13H20N2O/c1-16-13-7-12(8-14)15(10-13)9-11-5-3-2-4-6-11/h2-6,12-13H,7-10,14H2,1H3/t12-,13+/m0/s1. The summed E-state index contributed by atoms with van der Waals surface area (Å²) in [5.74, 6) is 0. The Morgan fingerprint density at radius 1 is 1.38 bits per heavy atom. The van der Waals surface area contributed by atoms with Crippen molar-refractivity contribution in [2.75, 3.05) is 20.2 Å². The van der Waals surface area contributed by atoms with Crippen molar-refractivity contribution in [3.8, 4) is 0 Å². The lowest BCUT2D eigenvalue weighted by Crippen LogP contribution is -2.34. The average molecular weight is 220 g/mol. The second-order valence-electron chi connectivity index (χ2n) is 4.40. The number of likely N-dealkylation sites (tertiary alicyclic amines) is 1. The van der Waals surface area contributed by atoms with Crippen LogP contribution >= 0.6 is 0 Å². The number of hydrogen-bond acceptors (Lipinski definition) is 3. The molecule has 1 heterocycles. The molecule has 2 atom stereocenters. The van der Waals surface area contributed by atoms with Crippen LogP contribution in [0.4, 0.5) is 0 Å². The quantitative estimate of drug-likeness (QED) is 0.829. The van der Waals surface area contributed by atoms with Crippen molar-refractivity contribution in [3.05, 3.63) is 35.9 Å². The van der Waals surface area contributed by atoms with E-state index in [-0.39, 0.29) is 0 Å². The van der Waals surface area contributed by atoms with Gasteiger partial charge in [0, 0.05) is 32.8 Å². The number of methoxy groups -OCH3 is 1. The van der Waals surface area contributed by atoms with Gasteiger partial charge in [-0.25, -0.2) is 0 Å². The molecule has 1 aliphatic heterocycles. The van der Waals surface area contributed by atoms with E-state index in [0.29, 0.717) is 18.7 Å². The van der Waals surface area contributed by atoms with Crippen molar-refractivity contribution in [1.29, 1.82) is 0 Å². The van der Waals surface area contributed by atoms with Gasteiger partial charge in [0.15, 0.2) is 0 Å². The Morgan fingerprint density at radius 3 is 2.75 bits per heavy atom. The zero-order valence-corrected chi connectivity index (χ0v) is 9.80. The highest BCUT2D eigenvalue weighted by Crippen LogP contribution is 2.21. The highest BCUT2D eigenvalue weighted by atomic mass is 16.5. The molecule has 0 aromatic heterocycles. The molecule has 0 radical (unpaired) electrons. The van der Waals surface area contributed by atoms with Gasteiger partial charge in [0.2, 0.25) is 0 Å². The third-order valence-corrected chi connectivity index (χ3v) is 3.32. The Balaban J connectivity index is 1.98. The summed E-state index contributed by atoms with van der Waals surface area (Å²) in [4.78, 5) is 2.42. The molecule has 0 bridgehead atoms. The van der Waals surface area contributed by atoms with E-state index >= 15 is 0 Å². The SMILES string of the molecule is CO[C@@H]1C[C@@H](CN)N(Cc2ccccc2)C1. The molecule has 3 nitrogen and oxygen atoms in total. The van der Waals surface area contributed by atoms with Crippen molar-refractivity contribution in [1.82, 2.24) is 4.90 Å². The van der Waals surface area contributed by atoms with Crippen molar-refractivity contribution in [2.45, 2.75) is 25.1 Å². The normalized spacial score (nSPS) is 26.1. The van der Waals surface area contributed by atoms with E-state index in [1.54, 1.807) is 7.11 Å². The first-order chi connectivity index (χ1) is 7.83. The number of ether oxygens (including phenoxy) is 1. The van der Waals surface area contributed by atoms with Gasteiger partial charge in [0.05, 0.1) is 6.10 Å². The van der Waals surface area contributed by atoms with Gasteiger partial charge >= 0.3 is 0 Å². The summed E-state index contributed by atoms with van der Waals surface area (Å²) in [6.45, 7) is 2.68. The molecule has 88 valence electrons. The van der Waals surface area contributed by atoms with Gasteiger partial charge in [0.25, 0.3) is 0 Å². The van der Waals surface area contributed by atoms with Crippen molar-refractivity contribution >= 4 is 0 Å². The number of nitrogens with two attached hydrogens (primary N) is 1. The van der Waals surface area contributed by atoms with Crippen molar-refractivity contribution < 1.29 is 4.74 Å². The fourth-order valence-electron chi connectivity index (χ4n) is 2.37. The molecule has 3 heteroatoms. The lowest BCUT2D eigenvalue weighted by Gasteiger charge is -2.22. The lowest BCUT2D eigenvalue weighted by atomic mass is 10.2. The molecule has 0 spiro atoms. The van der Waals surface area contributed by atoms with Crippen LogP contribution in [0.3, 0.4) is 0 Å². The van der Waals surface area contributed by atoms with Gasteiger partial charge in [-0.05, 0) is 12.0 Å². The number of hydrogen-bond donors (Lipinski definition) is 1. The Bertz CT molecular complexity index is 315. The highest BCUT2D eigenvalue weighted by molar-refractivity contribution is 5.15. The summed E-state index contributed by atoms with van der Waals surface area (Å²) in [5.41, 5.74) is 7.14. The van der Waals surface area contributed by atoms with E-state index in [0.717, 1.165) is 19.5 Å². The van der Waals surface area contributed by atoms with E-state index in [2.05, 4.69) is 29.2 Å². The first-order valence-electron chi connectivity index (χ1n) is 5.84. The minimum absolute atomic E-state index is 0.345. The predicted molar refractivity (Wildman–Crippen MR) is 65.1 cm³/mol. The molecule has 1 fully saturated rings. The monoisotopic (exact) mass is 220 g/mol. The van der Waals surface area contributed by atoms with Crippen LogP contribution in [0.15, 0.2) is 30.3 Å². The maximum atomic E-state index is 5.80. The zero-order chi connectivity index (χ0) is 11.4. The van der Waals surface area contributed by atoms with E-state index in [9.17, 15) is 0 Å². The predicted octanol–water partition coefficient (Wildman–Crippen LogP) is 1.23. The Labute approximate surface area is 97.2 Å². The topological polar surface area (TPSA) is 38.5 Å². The van der Waals surface area contributed by atoms with Gasteiger partial charge in [-0.2, -0.15) is 0 Å². The van der Waals surface area contributed by atoms with E-state index in [1.165, 1.54) is 5.56 Å². The van der Waals surface area contributed by atoms with Crippen LogP contribution in [0.1, 0.15) is 12.0 Å². The van der Waals surface area contributed by atoms with E-state index in [1.807, 2.05) is 6.07 Å². The van der Waals surface area contributed by atoms with Gasteiger partial charge < -0.3 is 10.5 Å². The number of rotatable bonds is 4. The fourth-order valence-corrected chi connectivity index (χ4v) is 2.37. The lowest BCUT2D eigenvalue weighted by molar-refractivity contribution is 0.107. The summed E-state index contributed by atoms with van der Waals surface area (Å²) < 4.78 is 5.41. The highest BCUT2D eigenvalue weighted by Gasteiger charge is 2.30.